The van der Waals surface area contributed by atoms with Crippen LogP contribution in [0.15, 0.2) is 18.2 Å². The molecule has 1 heterocycles. The van der Waals surface area contributed by atoms with E-state index in [9.17, 15) is 5.11 Å². The Morgan fingerprint density at radius 2 is 1.96 bits per heavy atom. The molecule has 25 heavy (non-hydrogen) atoms. The summed E-state index contributed by atoms with van der Waals surface area (Å²) in [5, 5.41) is 9.90. The first kappa shape index (κ1) is 17.4. The number of rotatable bonds is 3. The second kappa shape index (κ2) is 6.28. The van der Waals surface area contributed by atoms with E-state index in [1.165, 1.54) is 30.4 Å². The lowest BCUT2D eigenvalue weighted by molar-refractivity contribution is -0.215. The van der Waals surface area contributed by atoms with Gasteiger partial charge in [-0.05, 0) is 65.7 Å². The molecule has 1 N–H and O–H groups in total. The maximum Gasteiger partial charge on any atom is 0.169 e. The molecule has 4 rings (SSSR count). The molecular formula is C22H32O3. The molecule has 3 atom stereocenters. The predicted octanol–water partition coefficient (Wildman–Crippen LogP) is 5.02. The highest BCUT2D eigenvalue weighted by molar-refractivity contribution is 5.41. The van der Waals surface area contributed by atoms with Crippen LogP contribution in [-0.4, -0.2) is 24.1 Å². The number of phenolic OH excluding ortho intramolecular Hbond substituents is 1. The van der Waals surface area contributed by atoms with Gasteiger partial charge in [-0.2, -0.15) is 0 Å². The van der Waals surface area contributed by atoms with Gasteiger partial charge in [0.1, 0.15) is 5.75 Å². The van der Waals surface area contributed by atoms with Crippen molar-refractivity contribution in [1.82, 2.24) is 0 Å². The lowest BCUT2D eigenvalue weighted by Crippen LogP contribution is -2.51. The van der Waals surface area contributed by atoms with Crippen LogP contribution >= 0.6 is 0 Å². The normalized spacial score (nSPS) is 33.4. The molecule has 1 saturated carbocycles. The first-order chi connectivity index (χ1) is 11.9. The third-order valence-corrected chi connectivity index (χ3v) is 7.14. The fraction of sp³-hybridized carbons (Fsp3) is 0.727. The smallest absolute Gasteiger partial charge is 0.169 e. The van der Waals surface area contributed by atoms with Crippen molar-refractivity contribution in [3.63, 3.8) is 0 Å². The van der Waals surface area contributed by atoms with E-state index in [2.05, 4.69) is 26.8 Å². The maximum absolute atomic E-state index is 9.90. The molecule has 3 aliphatic rings. The molecule has 0 aromatic heterocycles. The van der Waals surface area contributed by atoms with Crippen LogP contribution in [0.1, 0.15) is 69.9 Å². The van der Waals surface area contributed by atoms with Crippen molar-refractivity contribution in [3.8, 4) is 5.75 Å². The molecule has 0 radical (unpaired) electrons. The van der Waals surface area contributed by atoms with Gasteiger partial charge >= 0.3 is 0 Å². The molecule has 0 amide bonds. The van der Waals surface area contributed by atoms with Gasteiger partial charge in [0.2, 0.25) is 0 Å². The summed E-state index contributed by atoms with van der Waals surface area (Å²) in [5.41, 5.74) is 3.04. The Bertz CT molecular complexity index is 632. The topological polar surface area (TPSA) is 38.7 Å². The van der Waals surface area contributed by atoms with Crippen molar-refractivity contribution in [1.29, 1.82) is 0 Å². The SMILES string of the molecule is CC(C)CC[C@H]1CC2(C[C@@H]3c4ccc(O)cc4CC[C@@]13C)OCCO2. The van der Waals surface area contributed by atoms with Crippen LogP contribution in [0.3, 0.4) is 0 Å². The zero-order valence-corrected chi connectivity index (χ0v) is 15.9. The summed E-state index contributed by atoms with van der Waals surface area (Å²) < 4.78 is 12.4. The van der Waals surface area contributed by atoms with Crippen LogP contribution in [0, 0.1) is 17.3 Å². The molecule has 1 spiro atoms. The van der Waals surface area contributed by atoms with Gasteiger partial charge in [-0.3, -0.25) is 0 Å². The van der Waals surface area contributed by atoms with E-state index in [1.54, 1.807) is 0 Å². The maximum atomic E-state index is 9.90. The Morgan fingerprint density at radius 3 is 2.68 bits per heavy atom. The van der Waals surface area contributed by atoms with Gasteiger partial charge in [0.15, 0.2) is 5.79 Å². The van der Waals surface area contributed by atoms with Crippen molar-refractivity contribution in [3.05, 3.63) is 29.3 Å². The Morgan fingerprint density at radius 1 is 1.20 bits per heavy atom. The summed E-state index contributed by atoms with van der Waals surface area (Å²) in [6.45, 7) is 8.59. The van der Waals surface area contributed by atoms with Crippen molar-refractivity contribution in [2.24, 2.45) is 17.3 Å². The molecular weight excluding hydrogens is 312 g/mol. The van der Waals surface area contributed by atoms with Crippen molar-refractivity contribution in [2.75, 3.05) is 13.2 Å². The van der Waals surface area contributed by atoms with E-state index in [4.69, 9.17) is 9.47 Å². The van der Waals surface area contributed by atoms with Gasteiger partial charge in [-0.15, -0.1) is 0 Å². The van der Waals surface area contributed by atoms with E-state index >= 15 is 0 Å². The van der Waals surface area contributed by atoms with Crippen LogP contribution in [0.4, 0.5) is 0 Å². The number of hydrogen-bond donors (Lipinski definition) is 1. The van der Waals surface area contributed by atoms with Gasteiger partial charge in [0.05, 0.1) is 13.2 Å². The third-order valence-electron chi connectivity index (χ3n) is 7.14. The Hall–Kier alpha value is -1.06. The van der Waals surface area contributed by atoms with E-state index in [0.29, 0.717) is 23.0 Å². The molecule has 0 bridgehead atoms. The van der Waals surface area contributed by atoms with Crippen molar-refractivity contribution < 1.29 is 14.6 Å². The van der Waals surface area contributed by atoms with E-state index in [1.807, 2.05) is 12.1 Å². The number of benzene rings is 1. The fourth-order valence-corrected chi connectivity index (χ4v) is 5.62. The van der Waals surface area contributed by atoms with Crippen LogP contribution in [0.25, 0.3) is 0 Å². The van der Waals surface area contributed by atoms with Crippen LogP contribution in [0.5, 0.6) is 5.75 Å². The minimum atomic E-state index is -0.377. The molecule has 1 aliphatic heterocycles. The molecule has 1 saturated heterocycles. The average Bonchev–Trinajstić information content (AvgIpc) is 3.02. The number of phenols is 1. The highest BCUT2D eigenvalue weighted by Crippen LogP contribution is 2.61. The van der Waals surface area contributed by atoms with Crippen molar-refractivity contribution in [2.45, 2.75) is 71.0 Å². The monoisotopic (exact) mass is 344 g/mol. The fourth-order valence-electron chi connectivity index (χ4n) is 5.62. The number of hydrogen-bond acceptors (Lipinski definition) is 3. The zero-order chi connectivity index (χ0) is 17.7. The summed E-state index contributed by atoms with van der Waals surface area (Å²) in [7, 11) is 0. The molecule has 2 fully saturated rings. The summed E-state index contributed by atoms with van der Waals surface area (Å²) >= 11 is 0. The highest BCUT2D eigenvalue weighted by atomic mass is 16.7. The van der Waals surface area contributed by atoms with E-state index in [0.717, 1.165) is 38.4 Å². The second-order valence-corrected chi connectivity index (χ2v) is 9.13. The molecule has 1 aromatic carbocycles. The van der Waals surface area contributed by atoms with Crippen LogP contribution in [-0.2, 0) is 15.9 Å². The summed E-state index contributed by atoms with van der Waals surface area (Å²) in [4.78, 5) is 0. The standard InChI is InChI=1S/C22H32O3/c1-15(2)4-5-17-13-22(24-10-11-25-22)14-20-19-7-6-18(23)12-16(19)8-9-21(17,20)3/h6-7,12,15,17,20,23H,4-5,8-11,13-14H2,1-3H3/t17-,20+,21-/m0/s1. The Kier molecular flexibility index (Phi) is 4.36. The van der Waals surface area contributed by atoms with Crippen molar-refractivity contribution >= 4 is 0 Å². The second-order valence-electron chi connectivity index (χ2n) is 9.13. The molecule has 3 heteroatoms. The molecule has 3 nitrogen and oxygen atoms in total. The quantitative estimate of drug-likeness (QED) is 0.837. The molecule has 138 valence electrons. The zero-order valence-electron chi connectivity index (χ0n) is 15.9. The Balaban J connectivity index is 1.71. The minimum absolute atomic E-state index is 0.305. The van der Waals surface area contributed by atoms with E-state index < -0.39 is 0 Å². The van der Waals surface area contributed by atoms with Crippen LogP contribution < -0.4 is 0 Å². The Labute approximate surface area is 151 Å². The first-order valence-electron chi connectivity index (χ1n) is 10.0. The summed E-state index contributed by atoms with van der Waals surface area (Å²) in [6, 6.07) is 5.97. The first-order valence-corrected chi connectivity index (χ1v) is 10.0. The number of fused-ring (bicyclic) bond motifs is 3. The van der Waals surface area contributed by atoms with E-state index in [-0.39, 0.29) is 5.79 Å². The lowest BCUT2D eigenvalue weighted by Gasteiger charge is -2.55. The largest absolute Gasteiger partial charge is 0.508 e. The molecule has 1 aromatic rings. The highest BCUT2D eigenvalue weighted by Gasteiger charge is 2.56. The predicted molar refractivity (Wildman–Crippen MR) is 98.7 cm³/mol. The number of aromatic hydroxyl groups is 1. The molecule has 2 aliphatic carbocycles. The van der Waals surface area contributed by atoms with Gasteiger partial charge < -0.3 is 14.6 Å². The summed E-state index contributed by atoms with van der Waals surface area (Å²) in [5.74, 6) is 1.84. The van der Waals surface area contributed by atoms with Gasteiger partial charge in [0.25, 0.3) is 0 Å². The number of ether oxygens (including phenoxy) is 2. The summed E-state index contributed by atoms with van der Waals surface area (Å²) in [6.07, 6.45) is 6.80. The minimum Gasteiger partial charge on any atom is -0.508 e. The molecule has 0 unspecified atom stereocenters. The van der Waals surface area contributed by atoms with Crippen LogP contribution in [0.2, 0.25) is 0 Å². The van der Waals surface area contributed by atoms with Gasteiger partial charge in [-0.1, -0.05) is 33.3 Å². The lowest BCUT2D eigenvalue weighted by atomic mass is 9.52. The third kappa shape index (κ3) is 3.00. The average molecular weight is 344 g/mol. The number of aryl methyl sites for hydroxylation is 1. The van der Waals surface area contributed by atoms with Gasteiger partial charge in [-0.25, -0.2) is 0 Å². The van der Waals surface area contributed by atoms with Gasteiger partial charge in [0, 0.05) is 12.8 Å².